The maximum absolute atomic E-state index is 5.70. The molecule has 3 heteroatoms. The van der Waals surface area contributed by atoms with E-state index in [1.54, 1.807) is 0 Å². The smallest absolute Gasteiger partial charge is 0.133 e. The van der Waals surface area contributed by atoms with Crippen molar-refractivity contribution in [1.29, 1.82) is 0 Å². The van der Waals surface area contributed by atoms with Crippen LogP contribution in [0.3, 0.4) is 0 Å². The Bertz CT molecular complexity index is 596. The molecule has 1 nitrogen and oxygen atoms in total. The Kier molecular flexibility index (Phi) is 6.31. The van der Waals surface area contributed by atoms with E-state index in [9.17, 15) is 0 Å². The third-order valence-electron chi connectivity index (χ3n) is 3.44. The lowest BCUT2D eigenvalue weighted by molar-refractivity contribution is 0.315. The molecule has 0 N–H and O–H groups in total. The van der Waals surface area contributed by atoms with E-state index in [1.807, 2.05) is 6.07 Å². The van der Waals surface area contributed by atoms with Gasteiger partial charge in [-0.15, -0.1) is 0 Å². The molecule has 0 radical (unpaired) electrons. The standard InChI is InChI=1S/C18H20Br2O/c1-3-10-21-18-9-8-15(12-17(18)20)16(19)11-14-7-5-4-6-13(14)2/h4-9,12,16H,3,10-11H2,1-2H3. The highest BCUT2D eigenvalue weighted by Gasteiger charge is 2.12. The molecule has 1 unspecified atom stereocenters. The average Bonchev–Trinajstić information content (AvgIpc) is 2.48. The molecular weight excluding hydrogens is 392 g/mol. The summed E-state index contributed by atoms with van der Waals surface area (Å²) in [5.74, 6) is 0.913. The molecule has 0 aliphatic carbocycles. The van der Waals surface area contributed by atoms with Crippen LogP contribution in [-0.4, -0.2) is 6.61 Å². The summed E-state index contributed by atoms with van der Waals surface area (Å²) < 4.78 is 6.71. The lowest BCUT2D eigenvalue weighted by Gasteiger charge is -2.14. The molecule has 2 aromatic rings. The van der Waals surface area contributed by atoms with Crippen molar-refractivity contribution in [3.05, 3.63) is 63.6 Å². The van der Waals surface area contributed by atoms with Crippen molar-refractivity contribution in [2.45, 2.75) is 31.5 Å². The van der Waals surface area contributed by atoms with Gasteiger partial charge >= 0.3 is 0 Å². The van der Waals surface area contributed by atoms with Crippen LogP contribution in [0.2, 0.25) is 0 Å². The van der Waals surface area contributed by atoms with Crippen molar-refractivity contribution in [2.24, 2.45) is 0 Å². The highest BCUT2D eigenvalue weighted by molar-refractivity contribution is 9.10. The molecule has 0 aliphatic heterocycles. The number of hydrogen-bond acceptors (Lipinski definition) is 1. The average molecular weight is 412 g/mol. The number of ether oxygens (including phenoxy) is 1. The Balaban J connectivity index is 2.11. The summed E-state index contributed by atoms with van der Waals surface area (Å²) in [5, 5.41) is 0. The number of benzene rings is 2. The monoisotopic (exact) mass is 410 g/mol. The minimum absolute atomic E-state index is 0.301. The second-order valence-electron chi connectivity index (χ2n) is 5.14. The highest BCUT2D eigenvalue weighted by atomic mass is 79.9. The third-order valence-corrected chi connectivity index (χ3v) is 4.91. The zero-order chi connectivity index (χ0) is 15.2. The van der Waals surface area contributed by atoms with Gasteiger partial charge in [-0.25, -0.2) is 0 Å². The van der Waals surface area contributed by atoms with E-state index < -0.39 is 0 Å². The number of hydrogen-bond donors (Lipinski definition) is 0. The fourth-order valence-electron chi connectivity index (χ4n) is 2.19. The van der Waals surface area contributed by atoms with Crippen molar-refractivity contribution < 1.29 is 4.74 Å². The molecule has 21 heavy (non-hydrogen) atoms. The van der Waals surface area contributed by atoms with E-state index in [1.165, 1.54) is 16.7 Å². The first-order valence-corrected chi connectivity index (χ1v) is 8.93. The maximum atomic E-state index is 5.70. The summed E-state index contributed by atoms with van der Waals surface area (Å²) in [7, 11) is 0. The highest BCUT2D eigenvalue weighted by Crippen LogP contribution is 2.33. The molecule has 2 rings (SSSR count). The molecular formula is C18H20Br2O. The van der Waals surface area contributed by atoms with E-state index in [4.69, 9.17) is 4.74 Å². The number of rotatable bonds is 6. The molecule has 0 heterocycles. The fraction of sp³-hybridized carbons (Fsp3) is 0.333. The number of aryl methyl sites for hydroxylation is 1. The minimum Gasteiger partial charge on any atom is -0.492 e. The minimum atomic E-state index is 0.301. The summed E-state index contributed by atoms with van der Waals surface area (Å²) >= 11 is 7.41. The fourth-order valence-corrected chi connectivity index (χ4v) is 3.34. The topological polar surface area (TPSA) is 9.23 Å². The molecule has 0 aliphatic rings. The first-order valence-electron chi connectivity index (χ1n) is 7.22. The van der Waals surface area contributed by atoms with Crippen molar-refractivity contribution in [1.82, 2.24) is 0 Å². The Morgan fingerprint density at radius 3 is 2.57 bits per heavy atom. The summed E-state index contributed by atoms with van der Waals surface area (Å²) in [4.78, 5) is 0.301. The van der Waals surface area contributed by atoms with Gasteiger partial charge in [0, 0.05) is 4.83 Å². The van der Waals surface area contributed by atoms with Gasteiger partial charge in [0.25, 0.3) is 0 Å². The van der Waals surface area contributed by atoms with Gasteiger partial charge in [0.05, 0.1) is 11.1 Å². The van der Waals surface area contributed by atoms with Crippen molar-refractivity contribution in [3.8, 4) is 5.75 Å². The Morgan fingerprint density at radius 2 is 1.90 bits per heavy atom. The first-order chi connectivity index (χ1) is 10.1. The van der Waals surface area contributed by atoms with Crippen molar-refractivity contribution >= 4 is 31.9 Å². The summed E-state index contributed by atoms with van der Waals surface area (Å²) in [6, 6.07) is 14.8. The quantitative estimate of drug-likeness (QED) is 0.512. The van der Waals surface area contributed by atoms with Crippen LogP contribution < -0.4 is 4.74 Å². The lowest BCUT2D eigenvalue weighted by Crippen LogP contribution is -1.99. The number of alkyl halides is 1. The molecule has 112 valence electrons. The molecule has 0 spiro atoms. The van der Waals surface area contributed by atoms with Crippen LogP contribution in [0.5, 0.6) is 5.75 Å². The van der Waals surface area contributed by atoms with Crippen LogP contribution in [-0.2, 0) is 6.42 Å². The SMILES string of the molecule is CCCOc1ccc(C(Br)Cc2ccccc2C)cc1Br. The summed E-state index contributed by atoms with van der Waals surface area (Å²) in [6.07, 6.45) is 2.00. The van der Waals surface area contributed by atoms with Gasteiger partial charge < -0.3 is 4.74 Å². The van der Waals surface area contributed by atoms with Gasteiger partial charge in [0.15, 0.2) is 0 Å². The van der Waals surface area contributed by atoms with E-state index in [0.717, 1.165) is 29.7 Å². The molecule has 0 amide bonds. The zero-order valence-electron chi connectivity index (χ0n) is 12.4. The summed E-state index contributed by atoms with van der Waals surface area (Å²) in [5.41, 5.74) is 3.97. The van der Waals surface area contributed by atoms with Crippen molar-refractivity contribution in [3.63, 3.8) is 0 Å². The van der Waals surface area contributed by atoms with Gasteiger partial charge in [-0.05, 0) is 64.5 Å². The van der Waals surface area contributed by atoms with Crippen LogP contribution in [0.4, 0.5) is 0 Å². The van der Waals surface area contributed by atoms with Gasteiger partial charge in [-0.1, -0.05) is 53.2 Å². The molecule has 2 aromatic carbocycles. The summed E-state index contributed by atoms with van der Waals surface area (Å²) in [6.45, 7) is 5.02. The zero-order valence-corrected chi connectivity index (χ0v) is 15.6. The van der Waals surface area contributed by atoms with Gasteiger partial charge in [-0.3, -0.25) is 0 Å². The second-order valence-corrected chi connectivity index (χ2v) is 7.10. The predicted octanol–water partition coefficient (Wildman–Crippen LogP) is 6.23. The molecule has 0 fully saturated rings. The number of halogens is 2. The van der Waals surface area contributed by atoms with Crippen LogP contribution >= 0.6 is 31.9 Å². The Hall–Kier alpha value is -0.800. The van der Waals surface area contributed by atoms with Crippen LogP contribution in [0.1, 0.15) is 34.9 Å². The Morgan fingerprint density at radius 1 is 1.14 bits per heavy atom. The molecule has 0 bridgehead atoms. The maximum Gasteiger partial charge on any atom is 0.133 e. The van der Waals surface area contributed by atoms with Gasteiger partial charge in [-0.2, -0.15) is 0 Å². The van der Waals surface area contributed by atoms with Crippen molar-refractivity contribution in [2.75, 3.05) is 6.61 Å². The van der Waals surface area contributed by atoms with E-state index in [-0.39, 0.29) is 0 Å². The molecule has 0 saturated heterocycles. The van der Waals surface area contributed by atoms with Gasteiger partial charge in [0.2, 0.25) is 0 Å². The third kappa shape index (κ3) is 4.58. The van der Waals surface area contributed by atoms with Crippen LogP contribution in [0.25, 0.3) is 0 Å². The largest absolute Gasteiger partial charge is 0.492 e. The van der Waals surface area contributed by atoms with E-state index in [2.05, 4.69) is 82.1 Å². The first kappa shape index (κ1) is 16.6. The molecule has 0 aromatic heterocycles. The Labute approximate surface area is 144 Å². The van der Waals surface area contributed by atoms with E-state index >= 15 is 0 Å². The predicted molar refractivity (Wildman–Crippen MR) is 96.5 cm³/mol. The normalized spacial score (nSPS) is 12.2. The van der Waals surface area contributed by atoms with Crippen LogP contribution in [0, 0.1) is 6.92 Å². The van der Waals surface area contributed by atoms with E-state index in [0.29, 0.717) is 4.83 Å². The second kappa shape index (κ2) is 8.00. The van der Waals surface area contributed by atoms with Crippen LogP contribution in [0.15, 0.2) is 46.9 Å². The molecule has 1 atom stereocenters. The van der Waals surface area contributed by atoms with Gasteiger partial charge in [0.1, 0.15) is 5.75 Å². The lowest BCUT2D eigenvalue weighted by atomic mass is 10.0. The molecule has 0 saturated carbocycles.